The van der Waals surface area contributed by atoms with Crippen molar-refractivity contribution in [3.63, 3.8) is 0 Å². The Morgan fingerprint density at radius 1 is 1.83 bits per heavy atom. The van der Waals surface area contributed by atoms with Crippen molar-refractivity contribution in [2.45, 2.75) is 6.54 Å². The van der Waals surface area contributed by atoms with E-state index in [0.29, 0.717) is 17.3 Å². The highest BCUT2D eigenvalue weighted by Gasteiger charge is 1.99. The van der Waals surface area contributed by atoms with Crippen LogP contribution in [0, 0.1) is 12.3 Å². The van der Waals surface area contributed by atoms with Crippen LogP contribution < -0.4 is 0 Å². The molecule has 0 spiro atoms. The van der Waals surface area contributed by atoms with Crippen molar-refractivity contribution < 1.29 is 0 Å². The van der Waals surface area contributed by atoms with Crippen molar-refractivity contribution in [2.75, 3.05) is 0 Å². The summed E-state index contributed by atoms with van der Waals surface area (Å²) in [5.41, 5.74) is 1.98. The van der Waals surface area contributed by atoms with Gasteiger partial charge in [0.1, 0.15) is 5.69 Å². The molecular weight excluding hydrogens is 195 g/mol. The molecule has 1 heterocycles. The van der Waals surface area contributed by atoms with E-state index in [9.17, 15) is 0 Å². The van der Waals surface area contributed by atoms with Crippen LogP contribution in [0.15, 0.2) is 22.8 Å². The summed E-state index contributed by atoms with van der Waals surface area (Å²) in [5, 5.41) is 4.46. The predicted molar refractivity (Wildman–Crippen MR) is 50.0 cm³/mol. The first-order valence-corrected chi connectivity index (χ1v) is 4.02. The Kier molecular flexibility index (Phi) is 3.21. The van der Waals surface area contributed by atoms with Crippen molar-refractivity contribution in [3.8, 4) is 12.3 Å². The van der Waals surface area contributed by atoms with E-state index < -0.39 is 0 Å². The first-order chi connectivity index (χ1) is 5.77. The van der Waals surface area contributed by atoms with Crippen molar-refractivity contribution in [3.05, 3.63) is 28.5 Å². The largest absolute Gasteiger partial charge is 0.252 e. The Morgan fingerprint density at radius 2 is 2.58 bits per heavy atom. The van der Waals surface area contributed by atoms with Crippen LogP contribution in [0.25, 0.3) is 0 Å². The van der Waals surface area contributed by atoms with Crippen LogP contribution in [0.2, 0.25) is 0 Å². The maximum Gasteiger partial charge on any atom is 0.111 e. The number of hydrogen-bond donors (Lipinski definition) is 0. The van der Waals surface area contributed by atoms with E-state index in [-0.39, 0.29) is 0 Å². The lowest BCUT2D eigenvalue weighted by molar-refractivity contribution is 0.687. The van der Waals surface area contributed by atoms with Gasteiger partial charge in [-0.25, -0.2) is 0 Å². The minimum Gasteiger partial charge on any atom is -0.252 e. The molecule has 1 aromatic heterocycles. The Labute approximate surface area is 80.8 Å². The van der Waals surface area contributed by atoms with Gasteiger partial charge in [0, 0.05) is 5.54 Å². The monoisotopic (exact) mass is 200 g/mol. The normalized spacial score (nSPS) is 11.2. The number of allylic oxidation sites excluding steroid dienone is 1. The van der Waals surface area contributed by atoms with Gasteiger partial charge in [-0.2, -0.15) is 5.10 Å². The van der Waals surface area contributed by atoms with E-state index >= 15 is 0 Å². The van der Waals surface area contributed by atoms with E-state index in [2.05, 4.69) is 11.0 Å². The molecule has 0 unspecified atom stereocenters. The highest BCUT2D eigenvalue weighted by molar-refractivity contribution is 6.36. The van der Waals surface area contributed by atoms with Gasteiger partial charge in [0.25, 0.3) is 0 Å². The van der Waals surface area contributed by atoms with Gasteiger partial charge in [-0.05, 0) is 6.07 Å². The fourth-order valence-corrected chi connectivity index (χ4v) is 0.941. The molecule has 0 bridgehead atoms. The van der Waals surface area contributed by atoms with E-state index in [1.54, 1.807) is 16.9 Å². The number of rotatable bonds is 2. The molecule has 0 fully saturated rings. The molecule has 0 N–H and O–H groups in total. The molecule has 0 aliphatic rings. The standard InChI is InChI=1S/C8H6Cl2N2/c1-2-8-3-4-11-12(8)6-7(10)5-9/h1,3-5H,6H2/b7-5+. The molecule has 1 rings (SSSR count). The minimum atomic E-state index is 0.414. The quantitative estimate of drug-likeness (QED) is 0.670. The van der Waals surface area contributed by atoms with E-state index in [4.69, 9.17) is 29.6 Å². The first kappa shape index (κ1) is 9.18. The van der Waals surface area contributed by atoms with Crippen molar-refractivity contribution in [2.24, 2.45) is 0 Å². The second-order valence-electron chi connectivity index (χ2n) is 2.07. The molecule has 4 heteroatoms. The molecule has 0 radical (unpaired) electrons. The summed E-state index contributed by atoms with van der Waals surface area (Å²) >= 11 is 11.1. The molecule has 0 saturated carbocycles. The average Bonchev–Trinajstić information content (AvgIpc) is 2.51. The van der Waals surface area contributed by atoms with Crippen LogP contribution in [-0.2, 0) is 6.54 Å². The molecule has 0 aliphatic heterocycles. The number of hydrogen-bond acceptors (Lipinski definition) is 1. The zero-order valence-corrected chi connectivity index (χ0v) is 7.68. The molecule has 12 heavy (non-hydrogen) atoms. The molecule has 0 saturated heterocycles. The topological polar surface area (TPSA) is 17.8 Å². The lowest BCUT2D eigenvalue weighted by atomic mass is 10.4. The maximum absolute atomic E-state index is 5.69. The van der Waals surface area contributed by atoms with Crippen LogP contribution in [0.1, 0.15) is 5.69 Å². The third-order valence-electron chi connectivity index (χ3n) is 1.28. The zero-order valence-electron chi connectivity index (χ0n) is 6.17. The maximum atomic E-state index is 5.69. The highest BCUT2D eigenvalue weighted by atomic mass is 35.5. The van der Waals surface area contributed by atoms with Gasteiger partial charge in [-0.3, -0.25) is 4.68 Å². The SMILES string of the molecule is C#Cc1ccnn1C/C(Cl)=C\Cl. The number of halogens is 2. The lowest BCUT2D eigenvalue weighted by Gasteiger charge is -2.00. The van der Waals surface area contributed by atoms with Gasteiger partial charge in [-0.1, -0.05) is 29.1 Å². The lowest BCUT2D eigenvalue weighted by Crippen LogP contribution is -2.02. The second kappa shape index (κ2) is 4.20. The third-order valence-corrected chi connectivity index (χ3v) is 1.89. The van der Waals surface area contributed by atoms with Crippen LogP contribution in [0.3, 0.4) is 0 Å². The van der Waals surface area contributed by atoms with Crippen LogP contribution in [0.4, 0.5) is 0 Å². The summed E-state index contributed by atoms with van der Waals surface area (Å²) in [7, 11) is 0. The zero-order chi connectivity index (χ0) is 8.97. The van der Waals surface area contributed by atoms with Crippen LogP contribution in [-0.4, -0.2) is 9.78 Å². The number of aromatic nitrogens is 2. The summed E-state index contributed by atoms with van der Waals surface area (Å²) in [4.78, 5) is 0. The van der Waals surface area contributed by atoms with Crippen LogP contribution >= 0.6 is 23.2 Å². The molecule has 0 aliphatic carbocycles. The number of terminal acetylenes is 1. The van der Waals surface area contributed by atoms with Gasteiger partial charge >= 0.3 is 0 Å². The van der Waals surface area contributed by atoms with E-state index in [1.165, 1.54) is 5.54 Å². The fourth-order valence-electron chi connectivity index (χ4n) is 0.759. The minimum absolute atomic E-state index is 0.414. The van der Waals surface area contributed by atoms with Gasteiger partial charge < -0.3 is 0 Å². The fraction of sp³-hybridized carbons (Fsp3) is 0.125. The molecule has 0 aromatic carbocycles. The molecular formula is C8H6Cl2N2. The molecule has 1 aromatic rings. The van der Waals surface area contributed by atoms with E-state index in [0.717, 1.165) is 0 Å². The predicted octanol–water partition coefficient (Wildman–Crippen LogP) is 2.18. The van der Waals surface area contributed by atoms with Gasteiger partial charge in [0.2, 0.25) is 0 Å². The summed E-state index contributed by atoms with van der Waals surface area (Å²) in [6, 6.07) is 1.73. The molecule has 2 nitrogen and oxygen atoms in total. The Morgan fingerprint density at radius 3 is 3.17 bits per heavy atom. The molecule has 62 valence electrons. The third kappa shape index (κ3) is 2.04. The van der Waals surface area contributed by atoms with Gasteiger partial charge in [0.05, 0.1) is 17.8 Å². The first-order valence-electron chi connectivity index (χ1n) is 3.21. The van der Waals surface area contributed by atoms with Crippen molar-refractivity contribution >= 4 is 23.2 Å². The highest BCUT2D eigenvalue weighted by Crippen LogP contribution is 2.07. The smallest absolute Gasteiger partial charge is 0.111 e. The average molecular weight is 201 g/mol. The second-order valence-corrected chi connectivity index (χ2v) is 2.78. The molecule has 0 atom stereocenters. The number of nitrogens with zero attached hydrogens (tertiary/aromatic N) is 2. The molecule has 0 amide bonds. The summed E-state index contributed by atoms with van der Waals surface area (Å²) in [5.74, 6) is 2.48. The van der Waals surface area contributed by atoms with E-state index in [1.807, 2.05) is 0 Å². The van der Waals surface area contributed by atoms with Gasteiger partial charge in [-0.15, -0.1) is 6.42 Å². The summed E-state index contributed by atoms with van der Waals surface area (Å²) < 4.78 is 1.60. The summed E-state index contributed by atoms with van der Waals surface area (Å²) in [6.07, 6.45) is 6.82. The van der Waals surface area contributed by atoms with Gasteiger partial charge in [0.15, 0.2) is 0 Å². The Bertz CT molecular complexity index is 333. The summed E-state index contributed by atoms with van der Waals surface area (Å²) in [6.45, 7) is 0.414. The Balaban J connectivity index is 2.83. The van der Waals surface area contributed by atoms with Crippen LogP contribution in [0.5, 0.6) is 0 Å². The van der Waals surface area contributed by atoms with Crippen molar-refractivity contribution in [1.29, 1.82) is 0 Å². The van der Waals surface area contributed by atoms with Crippen molar-refractivity contribution in [1.82, 2.24) is 9.78 Å². The Hall–Kier alpha value is -0.910.